The molecule has 0 aliphatic rings. The van der Waals surface area contributed by atoms with Crippen LogP contribution in [0.1, 0.15) is 38.2 Å². The van der Waals surface area contributed by atoms with E-state index in [1.54, 1.807) is 0 Å². The molecule has 1 aromatic rings. The van der Waals surface area contributed by atoms with E-state index in [9.17, 15) is 0 Å². The van der Waals surface area contributed by atoms with Gasteiger partial charge in [0, 0.05) is 0 Å². The molecule has 0 heterocycles. The summed E-state index contributed by atoms with van der Waals surface area (Å²) >= 11 is 0. The molecular weight excluding hydrogens is 210 g/mol. The summed E-state index contributed by atoms with van der Waals surface area (Å²) in [6.07, 6.45) is 5.38. The second-order valence-corrected chi connectivity index (χ2v) is 5.30. The van der Waals surface area contributed by atoms with Gasteiger partial charge in [-0.05, 0) is 31.9 Å². The lowest BCUT2D eigenvalue weighted by atomic mass is 10.1. The van der Waals surface area contributed by atoms with Gasteiger partial charge in [0.2, 0.25) is 0 Å². The highest BCUT2D eigenvalue weighted by atomic mass is 16.0. The molecule has 2 heteroatoms. The van der Waals surface area contributed by atoms with Crippen molar-refractivity contribution in [3.8, 4) is 0 Å². The van der Waals surface area contributed by atoms with Gasteiger partial charge in [-0.1, -0.05) is 37.5 Å². The van der Waals surface area contributed by atoms with Crippen molar-refractivity contribution in [3.63, 3.8) is 0 Å². The van der Waals surface area contributed by atoms with Crippen molar-refractivity contribution in [1.29, 1.82) is 0 Å². The summed E-state index contributed by atoms with van der Waals surface area (Å²) in [7, 11) is 4.60. The number of hydrogen-bond donors (Lipinski definition) is 0. The number of benzene rings is 1. The molecule has 0 fully saturated rings. The third-order valence-corrected chi connectivity index (χ3v) is 3.30. The Morgan fingerprint density at radius 3 is 2.06 bits per heavy atom. The van der Waals surface area contributed by atoms with Crippen molar-refractivity contribution in [2.45, 2.75) is 39.5 Å². The van der Waals surface area contributed by atoms with Gasteiger partial charge < -0.3 is 5.48 Å². The summed E-state index contributed by atoms with van der Waals surface area (Å²) in [6, 6.07) is 8.94. The summed E-state index contributed by atoms with van der Waals surface area (Å²) < 4.78 is 1.00. The lowest BCUT2D eigenvalue weighted by molar-refractivity contribution is 0.382. The monoisotopic (exact) mass is 237 g/mol. The molecule has 0 amide bonds. The molecule has 17 heavy (non-hydrogen) atoms. The Hall–Kier alpha value is -0.860. The SMILES string of the molecule is CCCCCC[N+](C)(C)c1ccc(C)cc1.[OH-]. The first-order chi connectivity index (χ1) is 7.56. The van der Waals surface area contributed by atoms with Crippen molar-refractivity contribution < 1.29 is 5.48 Å². The van der Waals surface area contributed by atoms with E-state index in [1.807, 2.05) is 0 Å². The molecule has 0 unspecified atom stereocenters. The molecule has 1 N–H and O–H groups in total. The maximum atomic E-state index is 2.30. The number of rotatable bonds is 6. The van der Waals surface area contributed by atoms with E-state index in [-0.39, 0.29) is 5.48 Å². The quantitative estimate of drug-likeness (QED) is 0.544. The highest BCUT2D eigenvalue weighted by molar-refractivity contribution is 5.42. The van der Waals surface area contributed by atoms with Crippen LogP contribution in [-0.4, -0.2) is 26.1 Å². The van der Waals surface area contributed by atoms with Crippen molar-refractivity contribution in [1.82, 2.24) is 4.48 Å². The molecule has 0 aliphatic carbocycles. The Kier molecular flexibility index (Phi) is 7.09. The number of nitrogens with zero attached hydrogens (tertiary/aromatic N) is 1. The maximum Gasteiger partial charge on any atom is 0.132 e. The molecule has 0 aliphatic heterocycles. The average molecular weight is 237 g/mol. The molecule has 2 nitrogen and oxygen atoms in total. The predicted octanol–water partition coefficient (Wildman–Crippen LogP) is 3.97. The second-order valence-electron chi connectivity index (χ2n) is 5.30. The summed E-state index contributed by atoms with van der Waals surface area (Å²) in [5, 5.41) is 0. The number of hydrogen-bond acceptors (Lipinski definition) is 1. The zero-order chi connectivity index (χ0) is 12.0. The summed E-state index contributed by atoms with van der Waals surface area (Å²) in [6.45, 7) is 5.65. The van der Waals surface area contributed by atoms with E-state index < -0.39 is 0 Å². The smallest absolute Gasteiger partial charge is 0.132 e. The second kappa shape index (κ2) is 7.46. The Morgan fingerprint density at radius 1 is 0.941 bits per heavy atom. The van der Waals surface area contributed by atoms with Crippen LogP contribution < -0.4 is 4.48 Å². The summed E-state index contributed by atoms with van der Waals surface area (Å²) in [5.41, 5.74) is 2.76. The van der Waals surface area contributed by atoms with Gasteiger partial charge in [-0.3, -0.25) is 4.48 Å². The normalized spacial score (nSPS) is 11.1. The Labute approximate surface area is 106 Å². The highest BCUT2D eigenvalue weighted by Crippen LogP contribution is 2.20. The summed E-state index contributed by atoms with van der Waals surface area (Å²) in [4.78, 5) is 0. The van der Waals surface area contributed by atoms with E-state index in [1.165, 1.54) is 43.5 Å². The lowest BCUT2D eigenvalue weighted by Gasteiger charge is -2.29. The van der Waals surface area contributed by atoms with Gasteiger partial charge in [0.25, 0.3) is 0 Å². The molecule has 0 aromatic heterocycles. The summed E-state index contributed by atoms with van der Waals surface area (Å²) in [5.74, 6) is 0. The van der Waals surface area contributed by atoms with Crippen molar-refractivity contribution >= 4 is 5.69 Å². The van der Waals surface area contributed by atoms with Crippen molar-refractivity contribution in [2.75, 3.05) is 20.6 Å². The molecule has 1 aromatic carbocycles. The number of unbranched alkanes of at least 4 members (excludes halogenated alkanes) is 3. The third kappa shape index (κ3) is 5.33. The van der Waals surface area contributed by atoms with Crippen LogP contribution in [0.4, 0.5) is 5.69 Å². The van der Waals surface area contributed by atoms with E-state index >= 15 is 0 Å². The van der Waals surface area contributed by atoms with Crippen LogP contribution in [0.5, 0.6) is 0 Å². The molecule has 0 atom stereocenters. The van der Waals surface area contributed by atoms with Crippen molar-refractivity contribution in [2.24, 2.45) is 0 Å². The number of quaternary nitrogens is 1. The molecule has 0 radical (unpaired) electrons. The Bertz CT molecular complexity index is 303. The molecule has 0 bridgehead atoms. The van der Waals surface area contributed by atoms with Gasteiger partial charge in [-0.2, -0.15) is 0 Å². The topological polar surface area (TPSA) is 30.0 Å². The minimum absolute atomic E-state index is 0. The Balaban J connectivity index is 0.00000256. The largest absolute Gasteiger partial charge is 0.870 e. The van der Waals surface area contributed by atoms with Crippen LogP contribution in [0.25, 0.3) is 0 Å². The minimum Gasteiger partial charge on any atom is -0.870 e. The van der Waals surface area contributed by atoms with Gasteiger partial charge in [-0.25, -0.2) is 0 Å². The molecule has 1 rings (SSSR count). The first kappa shape index (κ1) is 16.1. The fourth-order valence-corrected chi connectivity index (χ4v) is 2.01. The van der Waals surface area contributed by atoms with Gasteiger partial charge >= 0.3 is 0 Å². The fourth-order valence-electron chi connectivity index (χ4n) is 2.01. The standard InChI is InChI=1S/C15H26N.H2O/c1-5-6-7-8-13-16(3,4)15-11-9-14(2)10-12-15;/h9-12H,5-8,13H2,1-4H3;1H2/q+1;/p-1. The predicted molar refractivity (Wildman–Crippen MR) is 75.8 cm³/mol. The van der Waals surface area contributed by atoms with E-state index in [0.29, 0.717) is 0 Å². The van der Waals surface area contributed by atoms with Gasteiger partial charge in [0.05, 0.1) is 20.6 Å². The van der Waals surface area contributed by atoms with Gasteiger partial charge in [0.1, 0.15) is 5.69 Å². The van der Waals surface area contributed by atoms with E-state index in [4.69, 9.17) is 0 Å². The van der Waals surface area contributed by atoms with Crippen LogP contribution in [-0.2, 0) is 0 Å². The zero-order valence-corrected chi connectivity index (χ0v) is 11.7. The van der Waals surface area contributed by atoms with Crippen LogP contribution in [0.2, 0.25) is 0 Å². The van der Waals surface area contributed by atoms with Crippen LogP contribution in [0.3, 0.4) is 0 Å². The first-order valence-electron chi connectivity index (χ1n) is 6.46. The van der Waals surface area contributed by atoms with Gasteiger partial charge in [0.15, 0.2) is 0 Å². The molecular formula is C15H27NO. The Morgan fingerprint density at radius 2 is 1.53 bits per heavy atom. The van der Waals surface area contributed by atoms with E-state index in [0.717, 1.165) is 4.48 Å². The minimum atomic E-state index is 0. The fraction of sp³-hybridized carbons (Fsp3) is 0.600. The maximum absolute atomic E-state index is 2.30. The zero-order valence-electron chi connectivity index (χ0n) is 11.7. The van der Waals surface area contributed by atoms with Gasteiger partial charge in [-0.15, -0.1) is 0 Å². The van der Waals surface area contributed by atoms with Crippen molar-refractivity contribution in [3.05, 3.63) is 29.8 Å². The van der Waals surface area contributed by atoms with Crippen LogP contribution in [0.15, 0.2) is 24.3 Å². The van der Waals surface area contributed by atoms with Crippen LogP contribution in [0, 0.1) is 6.92 Å². The molecule has 0 saturated heterocycles. The third-order valence-electron chi connectivity index (χ3n) is 3.30. The molecule has 0 spiro atoms. The molecule has 0 saturated carbocycles. The first-order valence-corrected chi connectivity index (χ1v) is 6.46. The molecule has 98 valence electrons. The van der Waals surface area contributed by atoms with E-state index in [2.05, 4.69) is 52.2 Å². The highest BCUT2D eigenvalue weighted by Gasteiger charge is 2.17. The average Bonchev–Trinajstić information content (AvgIpc) is 2.25. The van der Waals surface area contributed by atoms with Crippen LogP contribution >= 0.6 is 0 Å². The lowest BCUT2D eigenvalue weighted by Crippen LogP contribution is -2.41. The number of aryl methyl sites for hydroxylation is 1.